The third-order valence-corrected chi connectivity index (χ3v) is 4.81. The monoisotopic (exact) mass is 317 g/mol. The van der Waals surface area contributed by atoms with E-state index >= 15 is 0 Å². The maximum absolute atomic E-state index is 6.30. The van der Waals surface area contributed by atoms with E-state index in [2.05, 4.69) is 23.7 Å². The van der Waals surface area contributed by atoms with E-state index < -0.39 is 0 Å². The van der Waals surface area contributed by atoms with Crippen LogP contribution in [-0.2, 0) is 25.8 Å². The Morgan fingerprint density at radius 1 is 1.32 bits per heavy atom. The average molecular weight is 318 g/mol. The molecule has 1 unspecified atom stereocenters. The Balaban J connectivity index is 1.69. The van der Waals surface area contributed by atoms with E-state index in [1.165, 1.54) is 28.9 Å². The molecular weight excluding hydrogens is 294 g/mol. The van der Waals surface area contributed by atoms with E-state index in [9.17, 15) is 0 Å². The molecule has 0 amide bonds. The Hall–Kier alpha value is -1.32. The minimum atomic E-state index is 0.184. The summed E-state index contributed by atoms with van der Waals surface area (Å²) in [5, 5.41) is 5.62. The van der Waals surface area contributed by atoms with E-state index in [0.29, 0.717) is 0 Å². The lowest BCUT2D eigenvalue weighted by Gasteiger charge is -2.20. The van der Waals surface area contributed by atoms with Crippen molar-refractivity contribution in [2.75, 3.05) is 0 Å². The highest BCUT2D eigenvalue weighted by Crippen LogP contribution is 2.31. The van der Waals surface area contributed by atoms with Gasteiger partial charge in [0.1, 0.15) is 0 Å². The van der Waals surface area contributed by atoms with E-state index in [1.807, 2.05) is 12.1 Å². The predicted molar refractivity (Wildman–Crippen MR) is 91.2 cm³/mol. The number of fused-ring (bicyclic) bond motifs is 1. The topological polar surface area (TPSA) is 43.8 Å². The molecule has 1 heterocycles. The van der Waals surface area contributed by atoms with E-state index in [4.69, 9.17) is 22.4 Å². The maximum Gasteiger partial charge on any atom is 0.0672 e. The van der Waals surface area contributed by atoms with Gasteiger partial charge in [0, 0.05) is 28.9 Å². The van der Waals surface area contributed by atoms with Crippen LogP contribution in [0.5, 0.6) is 0 Å². The fraction of sp³-hybridized carbons (Fsp3) is 0.500. The first-order valence-corrected chi connectivity index (χ1v) is 8.65. The summed E-state index contributed by atoms with van der Waals surface area (Å²) in [6, 6.07) is 8.31. The van der Waals surface area contributed by atoms with E-state index in [0.717, 1.165) is 43.7 Å². The van der Waals surface area contributed by atoms with Crippen LogP contribution in [0.1, 0.15) is 54.7 Å². The van der Waals surface area contributed by atoms with Crippen molar-refractivity contribution in [3.8, 4) is 0 Å². The second kappa shape index (κ2) is 6.84. The lowest BCUT2D eigenvalue weighted by atomic mass is 9.91. The Labute approximate surface area is 137 Å². The highest BCUT2D eigenvalue weighted by molar-refractivity contribution is 6.30. The normalized spacial score (nSPS) is 17.5. The first kappa shape index (κ1) is 15.6. The van der Waals surface area contributed by atoms with Crippen molar-refractivity contribution >= 4 is 11.6 Å². The number of rotatable bonds is 5. The van der Waals surface area contributed by atoms with E-state index in [-0.39, 0.29) is 6.04 Å². The summed E-state index contributed by atoms with van der Waals surface area (Å²) in [6.07, 6.45) is 6.52. The smallest absolute Gasteiger partial charge is 0.0672 e. The molecule has 3 rings (SSSR count). The standard InChI is InChI=1S/C18H24ClN3/c1-2-16-18-15(20)6-3-7-17(18)22(21-16)12-4-5-13-8-10-14(19)11-9-13/h8-11,15H,2-7,12,20H2,1H3. The quantitative estimate of drug-likeness (QED) is 0.903. The molecule has 1 atom stereocenters. The number of benzene rings is 1. The molecular formula is C18H24ClN3. The van der Waals surface area contributed by atoms with Gasteiger partial charge in [0.2, 0.25) is 0 Å². The number of aryl methyl sites for hydroxylation is 3. The highest BCUT2D eigenvalue weighted by atomic mass is 35.5. The minimum Gasteiger partial charge on any atom is -0.324 e. The molecule has 0 fully saturated rings. The Morgan fingerprint density at radius 3 is 2.82 bits per heavy atom. The van der Waals surface area contributed by atoms with Gasteiger partial charge in [0.15, 0.2) is 0 Å². The predicted octanol–water partition coefficient (Wildman–Crippen LogP) is 4.07. The van der Waals surface area contributed by atoms with Gasteiger partial charge in [-0.05, 0) is 56.2 Å². The van der Waals surface area contributed by atoms with Crippen molar-refractivity contribution in [2.45, 2.75) is 58.0 Å². The second-order valence-corrected chi connectivity index (χ2v) is 6.55. The molecule has 1 aromatic carbocycles. The Morgan fingerprint density at radius 2 is 2.09 bits per heavy atom. The summed E-state index contributed by atoms with van der Waals surface area (Å²) in [5.74, 6) is 0. The zero-order valence-electron chi connectivity index (χ0n) is 13.2. The molecule has 2 N–H and O–H groups in total. The number of nitrogens with zero attached hydrogens (tertiary/aromatic N) is 2. The molecule has 0 aliphatic heterocycles. The van der Waals surface area contributed by atoms with Crippen LogP contribution in [-0.4, -0.2) is 9.78 Å². The summed E-state index contributed by atoms with van der Waals surface area (Å²) in [7, 11) is 0. The van der Waals surface area contributed by atoms with Gasteiger partial charge in [-0.3, -0.25) is 4.68 Å². The molecule has 1 aliphatic carbocycles. The third-order valence-electron chi connectivity index (χ3n) is 4.56. The van der Waals surface area contributed by atoms with Gasteiger partial charge < -0.3 is 5.73 Å². The van der Waals surface area contributed by atoms with Crippen molar-refractivity contribution in [1.82, 2.24) is 9.78 Å². The molecule has 0 saturated heterocycles. The fourth-order valence-corrected chi connectivity index (χ4v) is 3.55. The van der Waals surface area contributed by atoms with Crippen LogP contribution in [0.4, 0.5) is 0 Å². The van der Waals surface area contributed by atoms with Gasteiger partial charge in [-0.2, -0.15) is 5.10 Å². The number of hydrogen-bond acceptors (Lipinski definition) is 2. The zero-order valence-corrected chi connectivity index (χ0v) is 13.9. The van der Waals surface area contributed by atoms with Crippen LogP contribution < -0.4 is 5.73 Å². The van der Waals surface area contributed by atoms with Crippen LogP contribution in [0.15, 0.2) is 24.3 Å². The van der Waals surface area contributed by atoms with Gasteiger partial charge in [-0.15, -0.1) is 0 Å². The van der Waals surface area contributed by atoms with Crippen molar-refractivity contribution < 1.29 is 0 Å². The Kier molecular flexibility index (Phi) is 4.84. The third kappa shape index (κ3) is 3.21. The van der Waals surface area contributed by atoms with Crippen LogP contribution in [0.3, 0.4) is 0 Å². The molecule has 2 aromatic rings. The molecule has 0 spiro atoms. The van der Waals surface area contributed by atoms with Crippen molar-refractivity contribution in [1.29, 1.82) is 0 Å². The second-order valence-electron chi connectivity index (χ2n) is 6.11. The maximum atomic E-state index is 6.30. The molecule has 0 bridgehead atoms. The minimum absolute atomic E-state index is 0.184. The molecule has 118 valence electrons. The zero-order chi connectivity index (χ0) is 15.5. The number of hydrogen-bond donors (Lipinski definition) is 1. The van der Waals surface area contributed by atoms with Crippen LogP contribution in [0.2, 0.25) is 5.02 Å². The van der Waals surface area contributed by atoms with Crippen LogP contribution in [0.25, 0.3) is 0 Å². The average Bonchev–Trinajstić information content (AvgIpc) is 2.89. The first-order valence-electron chi connectivity index (χ1n) is 8.27. The molecule has 4 heteroatoms. The van der Waals surface area contributed by atoms with Gasteiger partial charge in [0.05, 0.1) is 5.69 Å². The number of halogens is 1. The number of nitrogens with two attached hydrogens (primary N) is 1. The molecule has 1 aromatic heterocycles. The summed E-state index contributed by atoms with van der Waals surface area (Å²) in [6.45, 7) is 3.14. The lowest BCUT2D eigenvalue weighted by Crippen LogP contribution is -2.19. The number of aromatic nitrogens is 2. The van der Waals surface area contributed by atoms with Gasteiger partial charge in [0.25, 0.3) is 0 Å². The highest BCUT2D eigenvalue weighted by Gasteiger charge is 2.25. The summed E-state index contributed by atoms with van der Waals surface area (Å²) >= 11 is 5.93. The summed E-state index contributed by atoms with van der Waals surface area (Å²) in [5.41, 5.74) is 11.6. The SMILES string of the molecule is CCc1nn(CCCc2ccc(Cl)cc2)c2c1C(N)CCC2. The van der Waals surface area contributed by atoms with Crippen LogP contribution in [0, 0.1) is 0 Å². The van der Waals surface area contributed by atoms with Crippen molar-refractivity contribution in [3.05, 3.63) is 51.8 Å². The molecule has 22 heavy (non-hydrogen) atoms. The van der Waals surface area contributed by atoms with Crippen molar-refractivity contribution in [3.63, 3.8) is 0 Å². The van der Waals surface area contributed by atoms with E-state index in [1.54, 1.807) is 0 Å². The van der Waals surface area contributed by atoms with Gasteiger partial charge in [-0.1, -0.05) is 30.7 Å². The van der Waals surface area contributed by atoms with Gasteiger partial charge in [-0.25, -0.2) is 0 Å². The largest absolute Gasteiger partial charge is 0.324 e. The van der Waals surface area contributed by atoms with Gasteiger partial charge >= 0.3 is 0 Å². The summed E-state index contributed by atoms with van der Waals surface area (Å²) < 4.78 is 2.21. The molecule has 3 nitrogen and oxygen atoms in total. The lowest BCUT2D eigenvalue weighted by molar-refractivity contribution is 0.509. The molecule has 0 saturated carbocycles. The first-order chi connectivity index (χ1) is 10.7. The molecule has 1 aliphatic rings. The van der Waals surface area contributed by atoms with Crippen LogP contribution >= 0.6 is 11.6 Å². The molecule has 0 radical (unpaired) electrons. The fourth-order valence-electron chi connectivity index (χ4n) is 3.42. The van der Waals surface area contributed by atoms with Crippen molar-refractivity contribution in [2.24, 2.45) is 5.73 Å². The summed E-state index contributed by atoms with van der Waals surface area (Å²) in [4.78, 5) is 0. The Bertz CT molecular complexity index is 631.